The Kier molecular flexibility index (Phi) is 7.17. The molecule has 0 aliphatic carbocycles. The second-order valence-corrected chi connectivity index (χ2v) is 6.54. The normalized spacial score (nSPS) is 11.1. The van der Waals surface area contributed by atoms with Gasteiger partial charge in [0, 0.05) is 35.7 Å². The molecule has 0 heterocycles. The minimum Gasteiger partial charge on any atom is -0.504 e. The van der Waals surface area contributed by atoms with E-state index in [-0.39, 0.29) is 23.0 Å². The second-order valence-electron chi connectivity index (χ2n) is 6.54. The average molecular weight is 436 g/mol. The van der Waals surface area contributed by atoms with Crippen molar-refractivity contribution in [1.82, 2.24) is 0 Å². The molecule has 0 fully saturated rings. The third kappa shape index (κ3) is 4.92. The van der Waals surface area contributed by atoms with Crippen LogP contribution >= 0.6 is 0 Å². The zero-order valence-electron chi connectivity index (χ0n) is 18.2. The van der Waals surface area contributed by atoms with Crippen LogP contribution < -0.4 is 18.9 Å². The number of para-hydroxylation sites is 2. The van der Waals surface area contributed by atoms with Crippen LogP contribution in [-0.2, 0) is 0 Å². The van der Waals surface area contributed by atoms with Crippen LogP contribution in [0.5, 0.6) is 34.5 Å². The van der Waals surface area contributed by atoms with E-state index in [0.717, 1.165) is 0 Å². The molecule has 0 amide bonds. The summed E-state index contributed by atoms with van der Waals surface area (Å²) in [5.41, 5.74) is 1.96. The van der Waals surface area contributed by atoms with Crippen molar-refractivity contribution in [3.8, 4) is 34.5 Å². The van der Waals surface area contributed by atoms with Crippen LogP contribution in [0.15, 0.2) is 58.5 Å². The van der Waals surface area contributed by atoms with E-state index in [4.69, 9.17) is 18.9 Å². The van der Waals surface area contributed by atoms with Gasteiger partial charge in [0.2, 0.25) is 0 Å². The molecule has 32 heavy (non-hydrogen) atoms. The van der Waals surface area contributed by atoms with E-state index in [1.165, 1.54) is 40.9 Å². The molecule has 0 aliphatic rings. The standard InChI is InChI=1S/C24H24N2O6/c1-29-17-9-15(23(27)21(11-17)31-3)13-25-19-7-5-6-8-20(19)26-14-16-10-18(30-2)12-22(32-4)24(16)28/h5-14,27-28H,1-4H3. The highest BCUT2D eigenvalue weighted by Crippen LogP contribution is 2.36. The predicted octanol–water partition coefficient (Wildman–Crippen LogP) is 4.63. The van der Waals surface area contributed by atoms with E-state index in [1.54, 1.807) is 36.4 Å². The summed E-state index contributed by atoms with van der Waals surface area (Å²) in [4.78, 5) is 8.94. The highest BCUT2D eigenvalue weighted by atomic mass is 16.5. The number of phenols is 2. The van der Waals surface area contributed by atoms with E-state index in [1.807, 2.05) is 12.1 Å². The highest BCUT2D eigenvalue weighted by Gasteiger charge is 2.11. The zero-order chi connectivity index (χ0) is 23.1. The molecule has 166 valence electrons. The molecule has 0 aliphatic heterocycles. The summed E-state index contributed by atoms with van der Waals surface area (Å²) < 4.78 is 20.9. The number of benzene rings is 3. The Morgan fingerprint density at radius 2 is 1.03 bits per heavy atom. The summed E-state index contributed by atoms with van der Waals surface area (Å²) in [6, 6.07) is 13.7. The monoisotopic (exact) mass is 436 g/mol. The van der Waals surface area contributed by atoms with Gasteiger partial charge in [-0.25, -0.2) is 0 Å². The van der Waals surface area contributed by atoms with Crippen molar-refractivity contribution >= 4 is 23.8 Å². The van der Waals surface area contributed by atoms with Crippen LogP contribution in [-0.4, -0.2) is 51.1 Å². The molecule has 2 N–H and O–H groups in total. The molecule has 0 saturated heterocycles. The van der Waals surface area contributed by atoms with E-state index in [9.17, 15) is 10.2 Å². The third-order valence-electron chi connectivity index (χ3n) is 4.63. The highest BCUT2D eigenvalue weighted by molar-refractivity contribution is 5.91. The SMILES string of the molecule is COc1cc(C=Nc2ccccc2N=Cc2cc(OC)cc(OC)c2O)c(O)c(OC)c1. The van der Waals surface area contributed by atoms with Gasteiger partial charge in [-0.2, -0.15) is 0 Å². The number of aromatic hydroxyl groups is 2. The number of rotatable bonds is 8. The molecule has 3 rings (SSSR count). The van der Waals surface area contributed by atoms with E-state index < -0.39 is 0 Å². The van der Waals surface area contributed by atoms with Gasteiger partial charge in [0.25, 0.3) is 0 Å². The number of hydrogen-bond acceptors (Lipinski definition) is 8. The number of nitrogens with zero attached hydrogens (tertiary/aromatic N) is 2. The molecule has 0 atom stereocenters. The van der Waals surface area contributed by atoms with Gasteiger partial charge < -0.3 is 29.2 Å². The van der Waals surface area contributed by atoms with E-state index >= 15 is 0 Å². The van der Waals surface area contributed by atoms with Crippen LogP contribution in [0, 0.1) is 0 Å². The van der Waals surface area contributed by atoms with Gasteiger partial charge in [-0.15, -0.1) is 0 Å². The van der Waals surface area contributed by atoms with Crippen molar-refractivity contribution in [2.45, 2.75) is 0 Å². The molecule has 0 bridgehead atoms. The summed E-state index contributed by atoms with van der Waals surface area (Å²) >= 11 is 0. The Bertz CT molecular complexity index is 1070. The van der Waals surface area contributed by atoms with Gasteiger partial charge >= 0.3 is 0 Å². The minimum atomic E-state index is -0.0496. The summed E-state index contributed by atoms with van der Waals surface area (Å²) in [7, 11) is 5.98. The molecule has 0 aromatic heterocycles. The lowest BCUT2D eigenvalue weighted by Crippen LogP contribution is -1.92. The van der Waals surface area contributed by atoms with E-state index in [2.05, 4.69) is 9.98 Å². The molecule has 8 heteroatoms. The summed E-state index contributed by atoms with van der Waals surface area (Å²) in [5, 5.41) is 20.8. The molecule has 3 aromatic carbocycles. The first-order chi connectivity index (χ1) is 15.5. The van der Waals surface area contributed by atoms with Gasteiger partial charge in [0.15, 0.2) is 23.0 Å². The predicted molar refractivity (Wildman–Crippen MR) is 123 cm³/mol. The molecular weight excluding hydrogens is 412 g/mol. The Hall–Kier alpha value is -4.20. The van der Waals surface area contributed by atoms with Gasteiger partial charge in [-0.3, -0.25) is 9.98 Å². The van der Waals surface area contributed by atoms with Crippen molar-refractivity contribution in [3.63, 3.8) is 0 Å². The van der Waals surface area contributed by atoms with Gasteiger partial charge in [0.1, 0.15) is 11.5 Å². The van der Waals surface area contributed by atoms with Crippen molar-refractivity contribution < 1.29 is 29.2 Å². The fourth-order valence-electron chi connectivity index (χ4n) is 2.91. The lowest BCUT2D eigenvalue weighted by Gasteiger charge is -2.09. The molecule has 3 aromatic rings. The fourth-order valence-corrected chi connectivity index (χ4v) is 2.91. The lowest BCUT2D eigenvalue weighted by atomic mass is 10.1. The van der Waals surface area contributed by atoms with Crippen LogP contribution in [0.4, 0.5) is 11.4 Å². The topological polar surface area (TPSA) is 102 Å². The maximum absolute atomic E-state index is 10.4. The molecule has 0 radical (unpaired) electrons. The van der Waals surface area contributed by atoms with Crippen LogP contribution in [0.1, 0.15) is 11.1 Å². The zero-order valence-corrected chi connectivity index (χ0v) is 18.2. The lowest BCUT2D eigenvalue weighted by molar-refractivity contribution is 0.364. The van der Waals surface area contributed by atoms with Gasteiger partial charge in [-0.05, 0) is 24.3 Å². The number of aliphatic imine (C=N–C) groups is 2. The fraction of sp³-hybridized carbons (Fsp3) is 0.167. The molecule has 0 spiro atoms. The number of ether oxygens (including phenoxy) is 4. The summed E-state index contributed by atoms with van der Waals surface area (Å²) in [6.45, 7) is 0. The second kappa shape index (κ2) is 10.2. The maximum Gasteiger partial charge on any atom is 0.166 e. The Morgan fingerprint density at radius 3 is 1.38 bits per heavy atom. The third-order valence-corrected chi connectivity index (χ3v) is 4.63. The first kappa shape index (κ1) is 22.5. The van der Waals surface area contributed by atoms with Gasteiger partial charge in [0.05, 0.1) is 39.8 Å². The summed E-state index contributed by atoms with van der Waals surface area (Å²) in [5.74, 6) is 1.50. The Labute approximate surface area is 186 Å². The smallest absolute Gasteiger partial charge is 0.166 e. The first-order valence-corrected chi connectivity index (χ1v) is 9.57. The molecule has 8 nitrogen and oxygen atoms in total. The Morgan fingerprint density at radius 1 is 0.625 bits per heavy atom. The van der Waals surface area contributed by atoms with Crippen molar-refractivity contribution in [2.24, 2.45) is 9.98 Å². The van der Waals surface area contributed by atoms with Crippen molar-refractivity contribution in [2.75, 3.05) is 28.4 Å². The van der Waals surface area contributed by atoms with Crippen LogP contribution in [0.3, 0.4) is 0 Å². The quantitative estimate of drug-likeness (QED) is 0.499. The van der Waals surface area contributed by atoms with E-state index in [0.29, 0.717) is 34.0 Å². The summed E-state index contributed by atoms with van der Waals surface area (Å²) in [6.07, 6.45) is 3.00. The van der Waals surface area contributed by atoms with Crippen molar-refractivity contribution in [1.29, 1.82) is 0 Å². The van der Waals surface area contributed by atoms with Gasteiger partial charge in [-0.1, -0.05) is 12.1 Å². The average Bonchev–Trinajstić information content (AvgIpc) is 2.83. The first-order valence-electron chi connectivity index (χ1n) is 9.57. The molecule has 0 unspecified atom stereocenters. The number of hydrogen-bond donors (Lipinski definition) is 2. The maximum atomic E-state index is 10.4. The number of phenolic OH excluding ortho intramolecular Hbond substituents is 2. The number of methoxy groups -OCH3 is 4. The van der Waals surface area contributed by atoms with Crippen molar-refractivity contribution in [3.05, 3.63) is 59.7 Å². The molecule has 0 saturated carbocycles. The minimum absolute atomic E-state index is 0.0496. The largest absolute Gasteiger partial charge is 0.504 e. The molecular formula is C24H24N2O6. The Balaban J connectivity index is 1.96. The van der Waals surface area contributed by atoms with Crippen LogP contribution in [0.25, 0.3) is 0 Å². The van der Waals surface area contributed by atoms with Crippen LogP contribution in [0.2, 0.25) is 0 Å².